The van der Waals surface area contributed by atoms with Crippen molar-refractivity contribution in [3.63, 3.8) is 0 Å². The molecule has 0 aliphatic carbocycles. The molecule has 0 rings (SSSR count). The van der Waals surface area contributed by atoms with E-state index in [9.17, 15) is 14.4 Å². The van der Waals surface area contributed by atoms with Crippen LogP contribution in [0.3, 0.4) is 0 Å². The van der Waals surface area contributed by atoms with Crippen molar-refractivity contribution in [3.8, 4) is 0 Å². The molecule has 0 amide bonds. The Morgan fingerprint density at radius 1 is 0.313 bits per heavy atom. The Morgan fingerprint density at radius 3 is 0.985 bits per heavy atom. The first-order valence-corrected chi connectivity index (χ1v) is 28.1. The number of hydrogen-bond acceptors (Lipinski definition) is 6. The van der Waals surface area contributed by atoms with Crippen molar-refractivity contribution in [3.05, 3.63) is 85.1 Å². The van der Waals surface area contributed by atoms with Crippen LogP contribution in [0.15, 0.2) is 85.1 Å². The van der Waals surface area contributed by atoms with Crippen LogP contribution < -0.4 is 0 Å². The van der Waals surface area contributed by atoms with Crippen molar-refractivity contribution in [2.24, 2.45) is 0 Å². The zero-order valence-electron chi connectivity index (χ0n) is 43.9. The van der Waals surface area contributed by atoms with Crippen LogP contribution in [0.25, 0.3) is 0 Å². The predicted octanol–water partition coefficient (Wildman–Crippen LogP) is 18.8. The number of carbonyl (C=O) groups excluding carboxylic acids is 3. The SMILES string of the molecule is CC/C=C\C/C=C\C/C=C\C/C=C\CCCCC(=O)OC[C@H](COC(=O)CCCCCCC/C=C\C/C=C\CCCCC)OC(=O)CCCCCCCCCCC/C=C\CCCCCCCC. The van der Waals surface area contributed by atoms with E-state index in [2.05, 4.69) is 106 Å². The summed E-state index contributed by atoms with van der Waals surface area (Å²) in [6.45, 7) is 6.45. The molecule has 0 saturated carbocycles. The summed E-state index contributed by atoms with van der Waals surface area (Å²) in [7, 11) is 0. The summed E-state index contributed by atoms with van der Waals surface area (Å²) in [5.74, 6) is -0.951. The quantitative estimate of drug-likeness (QED) is 0.0262. The van der Waals surface area contributed by atoms with E-state index in [0.29, 0.717) is 19.3 Å². The lowest BCUT2D eigenvalue weighted by Crippen LogP contribution is -2.30. The zero-order chi connectivity index (χ0) is 48.6. The van der Waals surface area contributed by atoms with Gasteiger partial charge >= 0.3 is 17.9 Å². The number of hydrogen-bond donors (Lipinski definition) is 0. The number of unbranched alkanes of at least 4 members (excludes halogenated alkanes) is 25. The highest BCUT2D eigenvalue weighted by Gasteiger charge is 2.19. The summed E-state index contributed by atoms with van der Waals surface area (Å²) in [4.78, 5) is 38.1. The first-order valence-electron chi connectivity index (χ1n) is 28.1. The maximum Gasteiger partial charge on any atom is 0.306 e. The molecule has 1 atom stereocenters. The third-order valence-corrected chi connectivity index (χ3v) is 11.9. The topological polar surface area (TPSA) is 78.9 Å². The number of allylic oxidation sites excluding steroid dienone is 14. The Hall–Kier alpha value is -3.41. The first kappa shape index (κ1) is 63.6. The van der Waals surface area contributed by atoms with Crippen molar-refractivity contribution in [1.29, 1.82) is 0 Å². The third-order valence-electron chi connectivity index (χ3n) is 11.9. The molecule has 384 valence electrons. The third kappa shape index (κ3) is 53.4. The van der Waals surface area contributed by atoms with Gasteiger partial charge in [0.1, 0.15) is 13.2 Å². The number of rotatable bonds is 50. The van der Waals surface area contributed by atoms with Gasteiger partial charge in [-0.15, -0.1) is 0 Å². The molecule has 6 nitrogen and oxygen atoms in total. The molecule has 0 aromatic rings. The van der Waals surface area contributed by atoms with E-state index in [1.54, 1.807) is 0 Å². The normalized spacial score (nSPS) is 12.7. The fourth-order valence-electron chi connectivity index (χ4n) is 7.63. The molecule has 0 aliphatic rings. The van der Waals surface area contributed by atoms with Gasteiger partial charge in [-0.25, -0.2) is 0 Å². The second kappa shape index (κ2) is 55.2. The minimum absolute atomic E-state index is 0.0978. The van der Waals surface area contributed by atoms with E-state index in [-0.39, 0.29) is 31.1 Å². The Balaban J connectivity index is 4.45. The Bertz CT molecular complexity index is 1300. The van der Waals surface area contributed by atoms with Crippen LogP contribution >= 0.6 is 0 Å². The lowest BCUT2D eigenvalue weighted by molar-refractivity contribution is -0.167. The van der Waals surface area contributed by atoms with E-state index in [0.717, 1.165) is 109 Å². The van der Waals surface area contributed by atoms with E-state index >= 15 is 0 Å². The van der Waals surface area contributed by atoms with Crippen molar-refractivity contribution < 1.29 is 28.6 Å². The van der Waals surface area contributed by atoms with Crippen LogP contribution in [0, 0.1) is 0 Å². The molecule has 0 heterocycles. The first-order chi connectivity index (χ1) is 33.0. The number of ether oxygens (including phenoxy) is 3. The number of esters is 3. The van der Waals surface area contributed by atoms with Gasteiger partial charge in [0, 0.05) is 19.3 Å². The van der Waals surface area contributed by atoms with E-state index in [4.69, 9.17) is 14.2 Å². The highest BCUT2D eigenvalue weighted by Crippen LogP contribution is 2.15. The molecule has 0 fully saturated rings. The highest BCUT2D eigenvalue weighted by atomic mass is 16.6. The largest absolute Gasteiger partial charge is 0.462 e. The lowest BCUT2D eigenvalue weighted by atomic mass is 10.1. The molecule has 6 heteroatoms. The summed E-state index contributed by atoms with van der Waals surface area (Å²) < 4.78 is 16.8. The molecule has 0 unspecified atom stereocenters. The molecule has 0 aliphatic heterocycles. The van der Waals surface area contributed by atoms with Gasteiger partial charge in [-0.05, 0) is 116 Å². The zero-order valence-corrected chi connectivity index (χ0v) is 43.9. The molecule has 0 spiro atoms. The predicted molar refractivity (Wildman–Crippen MR) is 288 cm³/mol. The maximum atomic E-state index is 12.9. The Labute approximate surface area is 414 Å². The van der Waals surface area contributed by atoms with E-state index < -0.39 is 6.10 Å². The van der Waals surface area contributed by atoms with Crippen molar-refractivity contribution in [2.75, 3.05) is 13.2 Å². The monoisotopic (exact) mass is 933 g/mol. The fourth-order valence-corrected chi connectivity index (χ4v) is 7.63. The van der Waals surface area contributed by atoms with Crippen LogP contribution in [0.5, 0.6) is 0 Å². The fraction of sp³-hybridized carbons (Fsp3) is 0.721. The van der Waals surface area contributed by atoms with Gasteiger partial charge in [0.15, 0.2) is 6.10 Å². The van der Waals surface area contributed by atoms with Gasteiger partial charge in [0.25, 0.3) is 0 Å². The molecule has 0 saturated heterocycles. The second-order valence-corrected chi connectivity index (χ2v) is 18.5. The van der Waals surface area contributed by atoms with Crippen LogP contribution in [0.1, 0.15) is 265 Å². The average molecular weight is 933 g/mol. The minimum Gasteiger partial charge on any atom is -0.462 e. The molecule has 0 aromatic heterocycles. The van der Waals surface area contributed by atoms with Crippen molar-refractivity contribution in [1.82, 2.24) is 0 Å². The van der Waals surface area contributed by atoms with Crippen LogP contribution in [-0.2, 0) is 28.6 Å². The lowest BCUT2D eigenvalue weighted by Gasteiger charge is -2.18. The minimum atomic E-state index is -0.801. The molecule has 0 N–H and O–H groups in total. The number of carbonyl (C=O) groups is 3. The average Bonchev–Trinajstić information content (AvgIpc) is 3.33. The summed E-state index contributed by atoms with van der Waals surface area (Å²) in [5, 5.41) is 0. The van der Waals surface area contributed by atoms with E-state index in [1.807, 2.05) is 0 Å². The van der Waals surface area contributed by atoms with Crippen LogP contribution in [-0.4, -0.2) is 37.2 Å². The Morgan fingerprint density at radius 2 is 0.582 bits per heavy atom. The van der Waals surface area contributed by atoms with Gasteiger partial charge in [0.2, 0.25) is 0 Å². The molecular weight excluding hydrogens is 829 g/mol. The standard InChI is InChI=1S/C61H104O6/c1-4-7-10-13-16-19-22-25-28-29-30-31-34-37-40-43-46-49-52-55-61(64)67-58(56-65-59(62)53-50-47-44-41-38-35-32-26-23-20-17-14-11-8-5-2)57-66-60(63)54-51-48-45-42-39-36-33-27-24-21-18-15-12-9-6-3/h8,11,17-18,20-21,25-28,32-33,38,41,58H,4-7,9-10,12-16,19,22-24,29-31,34-37,39-40,42-57H2,1-3H3/b11-8-,20-17-,21-18-,28-25-,32-26-,33-27-,41-38-/t58-/m1/s1. The summed E-state index contributed by atoms with van der Waals surface area (Å²) in [5.41, 5.74) is 0. The van der Waals surface area contributed by atoms with Crippen molar-refractivity contribution >= 4 is 17.9 Å². The van der Waals surface area contributed by atoms with Crippen molar-refractivity contribution in [2.45, 2.75) is 271 Å². The summed E-state index contributed by atoms with van der Waals surface area (Å²) in [6.07, 6.45) is 71.4. The van der Waals surface area contributed by atoms with Crippen LogP contribution in [0.4, 0.5) is 0 Å². The molecule has 0 radical (unpaired) electrons. The maximum absolute atomic E-state index is 12.9. The highest BCUT2D eigenvalue weighted by molar-refractivity contribution is 5.71. The van der Waals surface area contributed by atoms with Gasteiger partial charge in [-0.1, -0.05) is 215 Å². The smallest absolute Gasteiger partial charge is 0.306 e. The molecular formula is C61H104O6. The van der Waals surface area contributed by atoms with Gasteiger partial charge in [-0.3, -0.25) is 14.4 Å². The van der Waals surface area contributed by atoms with Gasteiger partial charge in [0.05, 0.1) is 0 Å². The Kier molecular flexibility index (Phi) is 52.4. The summed E-state index contributed by atoms with van der Waals surface area (Å²) >= 11 is 0. The molecule has 67 heavy (non-hydrogen) atoms. The molecule has 0 aromatic carbocycles. The molecule has 0 bridgehead atoms. The van der Waals surface area contributed by atoms with Crippen LogP contribution in [0.2, 0.25) is 0 Å². The van der Waals surface area contributed by atoms with Gasteiger partial charge < -0.3 is 14.2 Å². The van der Waals surface area contributed by atoms with Gasteiger partial charge in [-0.2, -0.15) is 0 Å². The van der Waals surface area contributed by atoms with E-state index in [1.165, 1.54) is 116 Å². The summed E-state index contributed by atoms with van der Waals surface area (Å²) in [6, 6.07) is 0. The second-order valence-electron chi connectivity index (χ2n) is 18.5.